The van der Waals surface area contributed by atoms with Gasteiger partial charge in [-0.25, -0.2) is 0 Å². The predicted molar refractivity (Wildman–Crippen MR) is 67.8 cm³/mol. The number of anilines is 2. The van der Waals surface area contributed by atoms with Gasteiger partial charge in [-0.1, -0.05) is 6.07 Å². The number of nitrogen functional groups attached to an aromatic ring is 1. The zero-order valence-corrected chi connectivity index (χ0v) is 10.1. The Morgan fingerprint density at radius 1 is 1.50 bits per heavy atom. The smallest absolute Gasteiger partial charge is 0.0602 e. The Morgan fingerprint density at radius 2 is 2.31 bits per heavy atom. The number of benzene rings is 1. The number of rotatable bonds is 3. The SMILES string of the molecule is COCC1CCN(c2cc(C)ccc2N)C1. The van der Waals surface area contributed by atoms with E-state index in [0.717, 1.165) is 25.4 Å². The summed E-state index contributed by atoms with van der Waals surface area (Å²) in [6.07, 6.45) is 1.20. The van der Waals surface area contributed by atoms with Crippen molar-refractivity contribution >= 4 is 11.4 Å². The molecule has 1 atom stereocenters. The number of hydrogen-bond donors (Lipinski definition) is 1. The standard InChI is InChI=1S/C13H20N2O/c1-10-3-4-12(14)13(7-10)15-6-5-11(8-15)9-16-2/h3-4,7,11H,5-6,8-9,14H2,1-2H3. The molecule has 0 aromatic heterocycles. The first-order valence-corrected chi connectivity index (χ1v) is 5.80. The van der Waals surface area contributed by atoms with Crippen LogP contribution in [-0.2, 0) is 4.74 Å². The highest BCUT2D eigenvalue weighted by molar-refractivity contribution is 5.68. The van der Waals surface area contributed by atoms with Crippen molar-refractivity contribution < 1.29 is 4.74 Å². The molecule has 0 bridgehead atoms. The predicted octanol–water partition coefficient (Wildman–Crippen LogP) is 2.05. The lowest BCUT2D eigenvalue weighted by molar-refractivity contribution is 0.161. The van der Waals surface area contributed by atoms with Gasteiger partial charge in [0, 0.05) is 26.1 Å². The molecule has 2 rings (SSSR count). The molecule has 1 aromatic carbocycles. The highest BCUT2D eigenvalue weighted by Gasteiger charge is 2.23. The summed E-state index contributed by atoms with van der Waals surface area (Å²) in [5, 5.41) is 0. The Kier molecular flexibility index (Phi) is 3.34. The average Bonchev–Trinajstić information content (AvgIpc) is 2.71. The fourth-order valence-electron chi connectivity index (χ4n) is 2.35. The molecule has 1 fully saturated rings. The van der Waals surface area contributed by atoms with Gasteiger partial charge in [0.2, 0.25) is 0 Å². The van der Waals surface area contributed by atoms with E-state index in [2.05, 4.69) is 24.0 Å². The molecular formula is C13H20N2O. The summed E-state index contributed by atoms with van der Waals surface area (Å²) in [6, 6.07) is 6.22. The molecule has 3 heteroatoms. The van der Waals surface area contributed by atoms with Gasteiger partial charge in [-0.05, 0) is 31.0 Å². The minimum Gasteiger partial charge on any atom is -0.397 e. The van der Waals surface area contributed by atoms with Crippen LogP contribution in [0.3, 0.4) is 0 Å². The maximum atomic E-state index is 6.02. The van der Waals surface area contributed by atoms with Crippen molar-refractivity contribution in [3.8, 4) is 0 Å². The van der Waals surface area contributed by atoms with Crippen molar-refractivity contribution in [1.82, 2.24) is 0 Å². The van der Waals surface area contributed by atoms with Crippen molar-refractivity contribution in [3.05, 3.63) is 23.8 Å². The number of aryl methyl sites for hydroxylation is 1. The van der Waals surface area contributed by atoms with E-state index in [-0.39, 0.29) is 0 Å². The topological polar surface area (TPSA) is 38.5 Å². The maximum Gasteiger partial charge on any atom is 0.0602 e. The molecule has 3 nitrogen and oxygen atoms in total. The van der Waals surface area contributed by atoms with Gasteiger partial charge in [0.15, 0.2) is 0 Å². The number of nitrogens with two attached hydrogens (primary N) is 1. The van der Waals surface area contributed by atoms with Gasteiger partial charge in [0.05, 0.1) is 18.0 Å². The molecule has 1 aliphatic rings. The normalized spacial score (nSPS) is 20.4. The van der Waals surface area contributed by atoms with Crippen molar-refractivity contribution in [2.24, 2.45) is 5.92 Å². The molecular weight excluding hydrogens is 200 g/mol. The monoisotopic (exact) mass is 220 g/mol. The summed E-state index contributed by atoms with van der Waals surface area (Å²) in [7, 11) is 1.77. The van der Waals surface area contributed by atoms with Gasteiger partial charge in [-0.15, -0.1) is 0 Å². The summed E-state index contributed by atoms with van der Waals surface area (Å²) >= 11 is 0. The van der Waals surface area contributed by atoms with Crippen LogP contribution in [0.5, 0.6) is 0 Å². The molecule has 1 aliphatic heterocycles. The number of nitrogens with zero attached hydrogens (tertiary/aromatic N) is 1. The Labute approximate surface area is 97.2 Å². The van der Waals surface area contributed by atoms with Crippen LogP contribution in [0.4, 0.5) is 11.4 Å². The Morgan fingerprint density at radius 3 is 3.06 bits per heavy atom. The van der Waals surface area contributed by atoms with Gasteiger partial charge < -0.3 is 15.4 Å². The molecule has 0 spiro atoms. The van der Waals surface area contributed by atoms with Gasteiger partial charge in [-0.2, -0.15) is 0 Å². The second-order valence-corrected chi connectivity index (χ2v) is 4.62. The third-order valence-electron chi connectivity index (χ3n) is 3.21. The minimum absolute atomic E-state index is 0.643. The number of methoxy groups -OCH3 is 1. The van der Waals surface area contributed by atoms with Crippen LogP contribution in [0.15, 0.2) is 18.2 Å². The average molecular weight is 220 g/mol. The molecule has 2 N–H and O–H groups in total. The van der Waals surface area contributed by atoms with Crippen LogP contribution in [0.25, 0.3) is 0 Å². The van der Waals surface area contributed by atoms with E-state index in [9.17, 15) is 0 Å². The first-order valence-electron chi connectivity index (χ1n) is 5.80. The van der Waals surface area contributed by atoms with E-state index in [0.29, 0.717) is 5.92 Å². The van der Waals surface area contributed by atoms with Gasteiger partial charge in [0.1, 0.15) is 0 Å². The maximum absolute atomic E-state index is 6.02. The lowest BCUT2D eigenvalue weighted by Gasteiger charge is -2.21. The molecule has 0 saturated carbocycles. The minimum atomic E-state index is 0.643. The van der Waals surface area contributed by atoms with Crippen LogP contribution in [0.2, 0.25) is 0 Å². The molecule has 1 saturated heterocycles. The molecule has 1 heterocycles. The summed E-state index contributed by atoms with van der Waals surface area (Å²) < 4.78 is 5.21. The second-order valence-electron chi connectivity index (χ2n) is 4.62. The van der Waals surface area contributed by atoms with E-state index in [1.807, 2.05) is 6.07 Å². The molecule has 0 aliphatic carbocycles. The van der Waals surface area contributed by atoms with Crippen molar-refractivity contribution in [1.29, 1.82) is 0 Å². The summed E-state index contributed by atoms with van der Waals surface area (Å²) in [5.41, 5.74) is 9.34. The highest BCUT2D eigenvalue weighted by Crippen LogP contribution is 2.29. The second kappa shape index (κ2) is 4.74. The molecule has 1 unspecified atom stereocenters. The zero-order chi connectivity index (χ0) is 11.5. The van der Waals surface area contributed by atoms with Crippen molar-refractivity contribution in [2.45, 2.75) is 13.3 Å². The van der Waals surface area contributed by atoms with Gasteiger partial charge in [-0.3, -0.25) is 0 Å². The first kappa shape index (κ1) is 11.3. The van der Waals surface area contributed by atoms with Crippen LogP contribution >= 0.6 is 0 Å². The fraction of sp³-hybridized carbons (Fsp3) is 0.538. The third-order valence-corrected chi connectivity index (χ3v) is 3.21. The van der Waals surface area contributed by atoms with E-state index in [4.69, 9.17) is 10.5 Å². The quantitative estimate of drug-likeness (QED) is 0.792. The molecule has 16 heavy (non-hydrogen) atoms. The summed E-state index contributed by atoms with van der Waals surface area (Å²) in [4.78, 5) is 2.37. The Balaban J connectivity index is 2.11. The lowest BCUT2D eigenvalue weighted by atomic mass is 10.1. The summed E-state index contributed by atoms with van der Waals surface area (Å²) in [5.74, 6) is 0.643. The van der Waals surface area contributed by atoms with E-state index in [1.54, 1.807) is 7.11 Å². The van der Waals surface area contributed by atoms with Crippen LogP contribution in [-0.4, -0.2) is 26.8 Å². The molecule has 0 radical (unpaired) electrons. The first-order chi connectivity index (χ1) is 7.70. The molecule has 0 amide bonds. The van der Waals surface area contributed by atoms with E-state index < -0.39 is 0 Å². The van der Waals surface area contributed by atoms with Gasteiger partial charge >= 0.3 is 0 Å². The number of ether oxygens (including phenoxy) is 1. The van der Waals surface area contributed by atoms with E-state index in [1.165, 1.54) is 17.7 Å². The Bertz CT molecular complexity index is 365. The molecule has 1 aromatic rings. The highest BCUT2D eigenvalue weighted by atomic mass is 16.5. The number of hydrogen-bond acceptors (Lipinski definition) is 3. The van der Waals surface area contributed by atoms with Crippen LogP contribution < -0.4 is 10.6 Å². The van der Waals surface area contributed by atoms with Crippen molar-refractivity contribution in [2.75, 3.05) is 37.4 Å². The largest absolute Gasteiger partial charge is 0.397 e. The summed E-state index contributed by atoms with van der Waals surface area (Å²) in [6.45, 7) is 5.09. The van der Waals surface area contributed by atoms with Crippen molar-refractivity contribution in [3.63, 3.8) is 0 Å². The Hall–Kier alpha value is -1.22. The lowest BCUT2D eigenvalue weighted by Crippen LogP contribution is -2.22. The third kappa shape index (κ3) is 2.30. The van der Waals surface area contributed by atoms with Crippen LogP contribution in [0.1, 0.15) is 12.0 Å². The zero-order valence-electron chi connectivity index (χ0n) is 10.1. The fourth-order valence-corrected chi connectivity index (χ4v) is 2.35. The van der Waals surface area contributed by atoms with Gasteiger partial charge in [0.25, 0.3) is 0 Å². The van der Waals surface area contributed by atoms with Crippen LogP contribution in [0, 0.1) is 12.8 Å². The molecule has 88 valence electrons. The van der Waals surface area contributed by atoms with E-state index >= 15 is 0 Å².